The Bertz CT molecular complexity index is 484. The van der Waals surface area contributed by atoms with E-state index in [0.717, 1.165) is 0 Å². The number of nitrogens with zero attached hydrogens (tertiary/aromatic N) is 1. The molecule has 0 bridgehead atoms. The van der Waals surface area contributed by atoms with Crippen molar-refractivity contribution in [2.75, 3.05) is 27.8 Å². The van der Waals surface area contributed by atoms with Crippen LogP contribution in [0.1, 0.15) is 6.92 Å². The maximum Gasteiger partial charge on any atom is 0.242 e. The molecule has 0 amide bonds. The highest BCUT2D eigenvalue weighted by atomic mass is 32.2. The Morgan fingerprint density at radius 1 is 1.18 bits per heavy atom. The van der Waals surface area contributed by atoms with E-state index in [1.807, 2.05) is 0 Å². The van der Waals surface area contributed by atoms with Crippen molar-refractivity contribution < 1.29 is 17.9 Å². The lowest BCUT2D eigenvalue weighted by Crippen LogP contribution is -2.26. The number of sulfonamides is 1. The van der Waals surface area contributed by atoms with Crippen LogP contribution in [0.3, 0.4) is 0 Å². The van der Waals surface area contributed by atoms with Gasteiger partial charge in [-0.2, -0.15) is 0 Å². The second-order valence-corrected chi connectivity index (χ2v) is 5.48. The normalized spacial score (nSPS) is 11.6. The van der Waals surface area contributed by atoms with Gasteiger partial charge in [0.2, 0.25) is 10.0 Å². The minimum Gasteiger partial charge on any atom is -0.493 e. The Labute approximate surface area is 102 Å². The predicted octanol–water partition coefficient (Wildman–Crippen LogP) is 1.34. The van der Waals surface area contributed by atoms with Crippen LogP contribution >= 0.6 is 0 Å². The van der Waals surface area contributed by atoms with Crippen LogP contribution in [0.5, 0.6) is 11.5 Å². The highest BCUT2D eigenvalue weighted by Crippen LogP contribution is 2.30. The zero-order chi connectivity index (χ0) is 13.1. The Hall–Kier alpha value is -1.27. The lowest BCUT2D eigenvalue weighted by molar-refractivity contribution is 0.353. The molecule has 0 aromatic heterocycles. The van der Waals surface area contributed by atoms with E-state index in [2.05, 4.69) is 0 Å². The minimum absolute atomic E-state index is 0.194. The zero-order valence-corrected chi connectivity index (χ0v) is 11.2. The Morgan fingerprint density at radius 2 is 1.76 bits per heavy atom. The second kappa shape index (κ2) is 5.37. The minimum atomic E-state index is -3.45. The van der Waals surface area contributed by atoms with E-state index in [4.69, 9.17) is 9.47 Å². The van der Waals surface area contributed by atoms with Crippen LogP contribution in [-0.2, 0) is 10.0 Å². The second-order valence-electron chi connectivity index (χ2n) is 3.44. The molecule has 96 valence electrons. The molecule has 0 aliphatic heterocycles. The first-order valence-electron chi connectivity index (χ1n) is 5.15. The predicted molar refractivity (Wildman–Crippen MR) is 65.0 cm³/mol. The van der Waals surface area contributed by atoms with Crippen molar-refractivity contribution in [2.45, 2.75) is 11.8 Å². The molecule has 5 nitrogen and oxygen atoms in total. The van der Waals surface area contributed by atoms with Gasteiger partial charge in [-0.3, -0.25) is 0 Å². The van der Waals surface area contributed by atoms with Gasteiger partial charge in [0, 0.05) is 19.7 Å². The van der Waals surface area contributed by atoms with E-state index < -0.39 is 10.0 Å². The number of hydrogen-bond acceptors (Lipinski definition) is 4. The lowest BCUT2D eigenvalue weighted by atomic mass is 10.3. The van der Waals surface area contributed by atoms with Gasteiger partial charge in [-0.25, -0.2) is 12.7 Å². The molecule has 0 saturated heterocycles. The number of hydrogen-bond donors (Lipinski definition) is 0. The first-order chi connectivity index (χ1) is 7.97. The highest BCUT2D eigenvalue weighted by molar-refractivity contribution is 7.89. The van der Waals surface area contributed by atoms with Crippen LogP contribution in [0.2, 0.25) is 0 Å². The summed E-state index contributed by atoms with van der Waals surface area (Å²) in [6.07, 6.45) is 0. The molecule has 0 unspecified atom stereocenters. The zero-order valence-electron chi connectivity index (χ0n) is 10.4. The SMILES string of the molecule is CCN(C)S(=O)(=O)c1ccc(OC)c(OC)c1. The van der Waals surface area contributed by atoms with Crippen LogP contribution in [0.25, 0.3) is 0 Å². The first kappa shape index (κ1) is 13.8. The molecule has 17 heavy (non-hydrogen) atoms. The third kappa shape index (κ3) is 2.70. The Kier molecular flexibility index (Phi) is 4.36. The average Bonchev–Trinajstić information content (AvgIpc) is 2.36. The van der Waals surface area contributed by atoms with E-state index in [9.17, 15) is 8.42 Å². The average molecular weight is 259 g/mol. The van der Waals surface area contributed by atoms with Crippen molar-refractivity contribution >= 4 is 10.0 Å². The summed E-state index contributed by atoms with van der Waals surface area (Å²) >= 11 is 0. The summed E-state index contributed by atoms with van der Waals surface area (Å²) in [4.78, 5) is 0.194. The van der Waals surface area contributed by atoms with Crippen molar-refractivity contribution in [1.29, 1.82) is 0 Å². The summed E-state index contributed by atoms with van der Waals surface area (Å²) < 4.78 is 35.5. The van der Waals surface area contributed by atoms with E-state index in [1.54, 1.807) is 13.0 Å². The fraction of sp³-hybridized carbons (Fsp3) is 0.455. The summed E-state index contributed by atoms with van der Waals surface area (Å²) in [6.45, 7) is 2.19. The highest BCUT2D eigenvalue weighted by Gasteiger charge is 2.20. The molecule has 0 N–H and O–H groups in total. The third-order valence-electron chi connectivity index (χ3n) is 2.51. The Balaban J connectivity index is 3.25. The molecule has 1 aromatic carbocycles. The number of methoxy groups -OCH3 is 2. The van der Waals surface area contributed by atoms with Crippen molar-refractivity contribution in [3.63, 3.8) is 0 Å². The quantitative estimate of drug-likeness (QED) is 0.801. The van der Waals surface area contributed by atoms with Crippen molar-refractivity contribution in [1.82, 2.24) is 4.31 Å². The van der Waals surface area contributed by atoms with Gasteiger partial charge < -0.3 is 9.47 Å². The van der Waals surface area contributed by atoms with Crippen LogP contribution in [0.4, 0.5) is 0 Å². The molecule has 0 spiro atoms. The van der Waals surface area contributed by atoms with Gasteiger partial charge in [0.1, 0.15) is 0 Å². The molecule has 0 heterocycles. The van der Waals surface area contributed by atoms with Crippen LogP contribution in [0, 0.1) is 0 Å². The van der Waals surface area contributed by atoms with Crippen LogP contribution < -0.4 is 9.47 Å². The monoisotopic (exact) mass is 259 g/mol. The Morgan fingerprint density at radius 3 is 2.24 bits per heavy atom. The van der Waals surface area contributed by atoms with Crippen molar-refractivity contribution in [3.05, 3.63) is 18.2 Å². The molecule has 0 aliphatic carbocycles. The summed E-state index contributed by atoms with van der Waals surface area (Å²) in [7, 11) is 1.06. The molecule has 1 aromatic rings. The molecule has 1 rings (SSSR count). The standard InChI is InChI=1S/C11H17NO4S/c1-5-12(2)17(13,14)9-6-7-10(15-3)11(8-9)16-4/h6-8H,5H2,1-4H3. The largest absolute Gasteiger partial charge is 0.493 e. The molecule has 0 atom stereocenters. The van der Waals surface area contributed by atoms with Gasteiger partial charge in [0.05, 0.1) is 19.1 Å². The summed E-state index contributed by atoms with van der Waals surface area (Å²) in [5.74, 6) is 0.906. The first-order valence-corrected chi connectivity index (χ1v) is 6.59. The number of ether oxygens (including phenoxy) is 2. The van der Waals surface area contributed by atoms with Gasteiger partial charge in [0.25, 0.3) is 0 Å². The fourth-order valence-corrected chi connectivity index (χ4v) is 2.52. The summed E-state index contributed by atoms with van der Waals surface area (Å²) in [5.41, 5.74) is 0. The smallest absolute Gasteiger partial charge is 0.242 e. The topological polar surface area (TPSA) is 55.8 Å². The van der Waals surface area contributed by atoms with E-state index in [1.165, 1.54) is 37.7 Å². The number of rotatable bonds is 5. The molecular formula is C11H17NO4S. The van der Waals surface area contributed by atoms with Gasteiger partial charge in [-0.05, 0) is 12.1 Å². The van der Waals surface area contributed by atoms with Gasteiger partial charge in [-0.15, -0.1) is 0 Å². The number of benzene rings is 1. The summed E-state index contributed by atoms with van der Waals surface area (Å²) in [6, 6.07) is 4.54. The summed E-state index contributed by atoms with van der Waals surface area (Å²) in [5, 5.41) is 0. The van der Waals surface area contributed by atoms with Gasteiger partial charge in [0.15, 0.2) is 11.5 Å². The molecule has 6 heteroatoms. The maximum atomic E-state index is 12.1. The molecular weight excluding hydrogens is 242 g/mol. The molecule has 0 fully saturated rings. The third-order valence-corrected chi connectivity index (χ3v) is 4.44. The lowest BCUT2D eigenvalue weighted by Gasteiger charge is -2.16. The van der Waals surface area contributed by atoms with Crippen LogP contribution in [-0.4, -0.2) is 40.5 Å². The van der Waals surface area contributed by atoms with Crippen molar-refractivity contribution in [2.24, 2.45) is 0 Å². The van der Waals surface area contributed by atoms with Crippen molar-refractivity contribution in [3.8, 4) is 11.5 Å². The molecule has 0 saturated carbocycles. The molecule has 0 aliphatic rings. The van der Waals surface area contributed by atoms with E-state index in [-0.39, 0.29) is 4.90 Å². The van der Waals surface area contributed by atoms with Gasteiger partial charge in [-0.1, -0.05) is 6.92 Å². The molecule has 0 radical (unpaired) electrons. The fourth-order valence-electron chi connectivity index (χ4n) is 1.33. The van der Waals surface area contributed by atoms with Crippen LogP contribution in [0.15, 0.2) is 23.1 Å². The maximum absolute atomic E-state index is 12.1. The van der Waals surface area contributed by atoms with E-state index >= 15 is 0 Å². The van der Waals surface area contributed by atoms with Gasteiger partial charge >= 0.3 is 0 Å². The van der Waals surface area contributed by atoms with E-state index in [0.29, 0.717) is 18.0 Å².